The number of amides is 1. The minimum Gasteiger partial charge on any atom is -0.379 e. The number of H-pyrrole nitrogens is 1. The molecule has 1 saturated heterocycles. The van der Waals surface area contributed by atoms with Gasteiger partial charge in [0.2, 0.25) is 0 Å². The van der Waals surface area contributed by atoms with Gasteiger partial charge in [0.15, 0.2) is 0 Å². The Bertz CT molecular complexity index is 895. The predicted molar refractivity (Wildman–Crippen MR) is 104 cm³/mol. The van der Waals surface area contributed by atoms with Crippen LogP contribution < -0.4 is 5.32 Å². The first-order valence-corrected chi connectivity index (χ1v) is 9.46. The monoisotopic (exact) mass is 367 g/mol. The van der Waals surface area contributed by atoms with E-state index >= 15 is 0 Å². The molecule has 1 aliphatic rings. The number of nitrogens with zero attached hydrogens (tertiary/aromatic N) is 3. The molecule has 0 unspecified atom stereocenters. The van der Waals surface area contributed by atoms with Crippen LogP contribution in [-0.2, 0) is 11.3 Å². The largest absolute Gasteiger partial charge is 0.379 e. The standard InChI is InChI=1S/C20H25N5O2/c26-20(21-7-3-8-24-10-12-27-13-11-24)18-14-17(22-23-18)15-25-9-6-16-4-1-2-5-19(16)25/h1-2,4-6,9,14H,3,7-8,10-13,15H2,(H,21,26)(H,22,23). The van der Waals surface area contributed by atoms with Gasteiger partial charge in [0.1, 0.15) is 5.69 Å². The smallest absolute Gasteiger partial charge is 0.271 e. The first-order chi connectivity index (χ1) is 13.3. The normalized spacial score (nSPS) is 15.3. The van der Waals surface area contributed by atoms with Gasteiger partial charge in [-0.25, -0.2) is 0 Å². The van der Waals surface area contributed by atoms with Gasteiger partial charge in [0.05, 0.1) is 25.5 Å². The number of carbonyl (C=O) groups is 1. The number of carbonyl (C=O) groups excluding carboxylic acids is 1. The number of benzene rings is 1. The lowest BCUT2D eigenvalue weighted by atomic mass is 10.2. The van der Waals surface area contributed by atoms with Crippen LogP contribution in [0.1, 0.15) is 22.6 Å². The van der Waals surface area contributed by atoms with Crippen molar-refractivity contribution in [1.29, 1.82) is 0 Å². The van der Waals surface area contributed by atoms with Crippen molar-refractivity contribution in [2.45, 2.75) is 13.0 Å². The second-order valence-corrected chi connectivity index (χ2v) is 6.84. The molecule has 3 heterocycles. The number of nitrogens with one attached hydrogen (secondary N) is 2. The minimum absolute atomic E-state index is 0.128. The molecule has 0 spiro atoms. The van der Waals surface area contributed by atoms with Gasteiger partial charge in [-0.2, -0.15) is 5.10 Å². The van der Waals surface area contributed by atoms with Gasteiger partial charge in [0.25, 0.3) is 5.91 Å². The Kier molecular flexibility index (Phi) is 5.50. The molecule has 0 radical (unpaired) electrons. The van der Waals surface area contributed by atoms with Crippen LogP contribution in [-0.4, -0.2) is 65.0 Å². The Morgan fingerprint density at radius 3 is 2.96 bits per heavy atom. The fourth-order valence-corrected chi connectivity index (χ4v) is 3.44. The third-order valence-corrected chi connectivity index (χ3v) is 4.92. The molecule has 27 heavy (non-hydrogen) atoms. The Balaban J connectivity index is 1.27. The number of fused-ring (bicyclic) bond motifs is 1. The molecule has 1 aromatic carbocycles. The van der Waals surface area contributed by atoms with Crippen LogP contribution in [0.5, 0.6) is 0 Å². The average Bonchev–Trinajstić information content (AvgIpc) is 3.34. The van der Waals surface area contributed by atoms with Crippen molar-refractivity contribution in [2.75, 3.05) is 39.4 Å². The fourth-order valence-electron chi connectivity index (χ4n) is 3.44. The molecule has 3 aromatic rings. The van der Waals surface area contributed by atoms with Crippen LogP contribution >= 0.6 is 0 Å². The van der Waals surface area contributed by atoms with Crippen LogP contribution in [0.15, 0.2) is 42.6 Å². The van der Waals surface area contributed by atoms with Crippen molar-refractivity contribution >= 4 is 16.8 Å². The van der Waals surface area contributed by atoms with Crippen molar-refractivity contribution in [1.82, 2.24) is 25.0 Å². The van der Waals surface area contributed by atoms with E-state index in [2.05, 4.69) is 49.4 Å². The maximum Gasteiger partial charge on any atom is 0.271 e. The number of para-hydroxylation sites is 1. The Labute approximate surface area is 158 Å². The number of aromatic nitrogens is 3. The Morgan fingerprint density at radius 1 is 1.22 bits per heavy atom. The second-order valence-electron chi connectivity index (χ2n) is 6.84. The van der Waals surface area contributed by atoms with E-state index < -0.39 is 0 Å². The van der Waals surface area contributed by atoms with Gasteiger partial charge in [0, 0.05) is 31.3 Å². The van der Waals surface area contributed by atoms with E-state index in [1.165, 1.54) is 10.9 Å². The fraction of sp³-hybridized carbons (Fsp3) is 0.400. The van der Waals surface area contributed by atoms with Gasteiger partial charge in [-0.15, -0.1) is 0 Å². The summed E-state index contributed by atoms with van der Waals surface area (Å²) in [4.78, 5) is 14.7. The molecule has 7 heteroatoms. The molecule has 142 valence electrons. The summed E-state index contributed by atoms with van der Waals surface area (Å²) in [5, 5.41) is 11.3. The van der Waals surface area contributed by atoms with Crippen LogP contribution in [0.4, 0.5) is 0 Å². The zero-order valence-electron chi connectivity index (χ0n) is 15.4. The maximum atomic E-state index is 12.3. The second kappa shape index (κ2) is 8.37. The highest BCUT2D eigenvalue weighted by Crippen LogP contribution is 2.16. The summed E-state index contributed by atoms with van der Waals surface area (Å²) in [5.41, 5.74) is 2.52. The molecule has 1 aliphatic heterocycles. The number of hydrogen-bond acceptors (Lipinski definition) is 4. The zero-order chi connectivity index (χ0) is 18.5. The third-order valence-electron chi connectivity index (χ3n) is 4.92. The summed E-state index contributed by atoms with van der Waals surface area (Å²) in [6.07, 6.45) is 2.98. The van der Waals surface area contributed by atoms with Gasteiger partial charge in [-0.1, -0.05) is 18.2 Å². The predicted octanol–water partition coefficient (Wildman–Crippen LogP) is 1.86. The number of morpholine rings is 1. The summed E-state index contributed by atoms with van der Waals surface area (Å²) in [6.45, 7) is 5.86. The number of rotatable bonds is 7. The number of hydrogen-bond donors (Lipinski definition) is 2. The van der Waals surface area contributed by atoms with Gasteiger partial charge in [-0.3, -0.25) is 14.8 Å². The molecule has 4 rings (SSSR count). The zero-order valence-corrected chi connectivity index (χ0v) is 15.4. The molecule has 0 atom stereocenters. The quantitative estimate of drug-likeness (QED) is 0.625. The van der Waals surface area contributed by atoms with E-state index in [9.17, 15) is 4.79 Å². The SMILES string of the molecule is O=C(NCCCN1CCOCC1)c1cc(Cn2ccc3ccccc32)[nH]n1. The molecule has 2 N–H and O–H groups in total. The van der Waals surface area contributed by atoms with E-state index in [4.69, 9.17) is 4.74 Å². The highest BCUT2D eigenvalue weighted by atomic mass is 16.5. The van der Waals surface area contributed by atoms with E-state index in [-0.39, 0.29) is 5.91 Å². The topological polar surface area (TPSA) is 75.2 Å². The molecular formula is C20H25N5O2. The van der Waals surface area contributed by atoms with Crippen molar-refractivity contribution in [3.63, 3.8) is 0 Å². The maximum absolute atomic E-state index is 12.3. The van der Waals surface area contributed by atoms with E-state index in [0.717, 1.165) is 45.0 Å². The van der Waals surface area contributed by atoms with Gasteiger partial charge in [-0.05, 0) is 36.6 Å². The minimum atomic E-state index is -0.128. The lowest BCUT2D eigenvalue weighted by Gasteiger charge is -2.26. The summed E-state index contributed by atoms with van der Waals surface area (Å²) < 4.78 is 7.49. The van der Waals surface area contributed by atoms with Crippen LogP contribution in [0.3, 0.4) is 0 Å². The lowest BCUT2D eigenvalue weighted by molar-refractivity contribution is 0.0374. The number of ether oxygens (including phenoxy) is 1. The van der Waals surface area contributed by atoms with Crippen LogP contribution in [0.2, 0.25) is 0 Å². The van der Waals surface area contributed by atoms with E-state index in [1.807, 2.05) is 18.2 Å². The van der Waals surface area contributed by atoms with Crippen LogP contribution in [0, 0.1) is 0 Å². The highest BCUT2D eigenvalue weighted by molar-refractivity contribution is 5.92. The Morgan fingerprint density at radius 2 is 2.07 bits per heavy atom. The van der Waals surface area contributed by atoms with Crippen molar-refractivity contribution in [3.05, 3.63) is 54.0 Å². The summed E-state index contributed by atoms with van der Waals surface area (Å²) in [7, 11) is 0. The summed E-state index contributed by atoms with van der Waals surface area (Å²) >= 11 is 0. The van der Waals surface area contributed by atoms with Gasteiger partial charge < -0.3 is 14.6 Å². The first kappa shape index (κ1) is 17.8. The van der Waals surface area contributed by atoms with E-state index in [1.54, 1.807) is 0 Å². The Hall–Kier alpha value is -2.64. The van der Waals surface area contributed by atoms with Crippen molar-refractivity contribution in [2.24, 2.45) is 0 Å². The molecule has 0 saturated carbocycles. The molecular weight excluding hydrogens is 342 g/mol. The molecule has 2 aromatic heterocycles. The average molecular weight is 367 g/mol. The van der Waals surface area contributed by atoms with Crippen molar-refractivity contribution in [3.8, 4) is 0 Å². The van der Waals surface area contributed by atoms with Gasteiger partial charge >= 0.3 is 0 Å². The molecule has 7 nitrogen and oxygen atoms in total. The molecule has 0 bridgehead atoms. The van der Waals surface area contributed by atoms with Crippen molar-refractivity contribution < 1.29 is 9.53 Å². The third kappa shape index (κ3) is 4.37. The highest BCUT2D eigenvalue weighted by Gasteiger charge is 2.12. The van der Waals surface area contributed by atoms with Crippen LogP contribution in [0.25, 0.3) is 10.9 Å². The lowest BCUT2D eigenvalue weighted by Crippen LogP contribution is -2.38. The number of aromatic amines is 1. The van der Waals surface area contributed by atoms with E-state index in [0.29, 0.717) is 18.8 Å². The summed E-state index contributed by atoms with van der Waals surface area (Å²) in [6, 6.07) is 12.2. The molecule has 0 aliphatic carbocycles. The molecule has 1 amide bonds. The molecule has 1 fully saturated rings. The first-order valence-electron chi connectivity index (χ1n) is 9.46. The summed E-state index contributed by atoms with van der Waals surface area (Å²) in [5.74, 6) is -0.128.